The van der Waals surface area contributed by atoms with E-state index in [4.69, 9.17) is 5.73 Å². The Labute approximate surface area is 199 Å². The topological polar surface area (TPSA) is 99.2 Å². The molecule has 0 saturated carbocycles. The highest BCUT2D eigenvalue weighted by molar-refractivity contribution is 9.10. The molecule has 6 nitrogen and oxygen atoms in total. The molecule has 3 N–H and O–H groups in total. The fourth-order valence-corrected chi connectivity index (χ4v) is 5.59. The van der Waals surface area contributed by atoms with Gasteiger partial charge < -0.3 is 11.1 Å². The van der Waals surface area contributed by atoms with Crippen molar-refractivity contribution in [1.82, 2.24) is 0 Å². The first-order valence-corrected chi connectivity index (χ1v) is 11.4. The second kappa shape index (κ2) is 7.29. The fraction of sp³-hybridized carbons (Fsp3) is 0.174. The van der Waals surface area contributed by atoms with Gasteiger partial charge in [-0.1, -0.05) is 31.9 Å². The molecular formula is C23H15Br2FN4O2. The molecule has 160 valence electrons. The number of hydrogen-bond acceptors (Lipinski definition) is 5. The molecule has 32 heavy (non-hydrogen) atoms. The van der Waals surface area contributed by atoms with E-state index in [0.717, 1.165) is 0 Å². The molecule has 0 radical (unpaired) electrons. The third-order valence-corrected chi connectivity index (χ3v) is 7.13. The summed E-state index contributed by atoms with van der Waals surface area (Å²) in [5.41, 5.74) is 6.47. The molecule has 1 aliphatic carbocycles. The average molecular weight is 558 g/mol. The van der Waals surface area contributed by atoms with Gasteiger partial charge in [-0.25, -0.2) is 4.39 Å². The Hall–Kier alpha value is -2.96. The number of anilines is 2. The number of rotatable bonds is 1. The Morgan fingerprint density at radius 1 is 1.12 bits per heavy atom. The molecule has 0 saturated heterocycles. The first-order chi connectivity index (χ1) is 15.3. The normalized spacial score (nSPS) is 22.1. The van der Waals surface area contributed by atoms with Gasteiger partial charge in [0.2, 0.25) is 5.91 Å². The highest BCUT2D eigenvalue weighted by Crippen LogP contribution is 2.55. The largest absolute Gasteiger partial charge is 0.384 e. The maximum atomic E-state index is 15.0. The predicted octanol–water partition coefficient (Wildman–Crippen LogP) is 4.76. The van der Waals surface area contributed by atoms with Gasteiger partial charge in [0.15, 0.2) is 5.78 Å². The number of nitrogens with zero attached hydrogens (tertiary/aromatic N) is 2. The third-order valence-electron chi connectivity index (χ3n) is 6.14. The van der Waals surface area contributed by atoms with E-state index in [9.17, 15) is 14.9 Å². The molecule has 1 amide bonds. The summed E-state index contributed by atoms with van der Waals surface area (Å²) in [6, 6.07) is 11.8. The van der Waals surface area contributed by atoms with Crippen LogP contribution in [0, 0.1) is 17.1 Å². The van der Waals surface area contributed by atoms with E-state index in [2.05, 4.69) is 43.2 Å². The van der Waals surface area contributed by atoms with Crippen LogP contribution >= 0.6 is 31.9 Å². The fourth-order valence-electron chi connectivity index (χ4n) is 4.90. The van der Waals surface area contributed by atoms with Gasteiger partial charge in [-0.05, 0) is 49.2 Å². The zero-order chi connectivity index (χ0) is 22.8. The van der Waals surface area contributed by atoms with Crippen molar-refractivity contribution in [3.8, 4) is 6.07 Å². The van der Waals surface area contributed by atoms with Crippen LogP contribution in [0.4, 0.5) is 15.8 Å². The molecule has 2 aromatic carbocycles. The van der Waals surface area contributed by atoms with E-state index in [1.165, 1.54) is 17.0 Å². The van der Waals surface area contributed by atoms with Crippen molar-refractivity contribution < 1.29 is 14.0 Å². The lowest BCUT2D eigenvalue weighted by Gasteiger charge is -2.43. The summed E-state index contributed by atoms with van der Waals surface area (Å²) in [6.07, 6.45) is 1.17. The van der Waals surface area contributed by atoms with Gasteiger partial charge in [0.25, 0.3) is 0 Å². The minimum Gasteiger partial charge on any atom is -0.384 e. The van der Waals surface area contributed by atoms with Crippen molar-refractivity contribution in [2.24, 2.45) is 5.73 Å². The SMILES string of the molecule is N#CC1=C(N)N(c2ccc(Br)cc2F)C2=C(C(=O)CCC2)C12C(=O)Nc1ccc(Br)cc12. The summed E-state index contributed by atoms with van der Waals surface area (Å²) in [5.74, 6) is -1.40. The molecule has 1 atom stereocenters. The second-order valence-electron chi connectivity index (χ2n) is 7.80. The van der Waals surface area contributed by atoms with Crippen LogP contribution in [-0.4, -0.2) is 11.7 Å². The maximum absolute atomic E-state index is 15.0. The predicted molar refractivity (Wildman–Crippen MR) is 124 cm³/mol. The standard InChI is InChI=1S/C23H15Br2FN4O2/c24-11-4-6-16-13(8-11)23(22(32)29-16)14(10-27)21(28)30(17-7-5-12(25)9-15(17)26)18-2-1-3-19(31)20(18)23/h4-9H,1-3,28H2,(H,29,32). The van der Waals surface area contributed by atoms with Crippen LogP contribution in [0.1, 0.15) is 24.8 Å². The summed E-state index contributed by atoms with van der Waals surface area (Å²) >= 11 is 6.67. The zero-order valence-electron chi connectivity index (χ0n) is 16.5. The number of ketones is 1. The van der Waals surface area contributed by atoms with Gasteiger partial charge in [-0.15, -0.1) is 0 Å². The quantitative estimate of drug-likeness (QED) is 0.526. The van der Waals surface area contributed by atoms with Gasteiger partial charge in [0, 0.05) is 37.9 Å². The number of allylic oxidation sites excluding steroid dienone is 1. The molecule has 0 fully saturated rings. The molecule has 9 heteroatoms. The summed E-state index contributed by atoms with van der Waals surface area (Å²) in [5, 5.41) is 13.0. The summed E-state index contributed by atoms with van der Waals surface area (Å²) in [6.45, 7) is 0. The Morgan fingerprint density at radius 3 is 2.56 bits per heavy atom. The van der Waals surface area contributed by atoms with Gasteiger partial charge in [0.1, 0.15) is 23.1 Å². The van der Waals surface area contributed by atoms with Crippen LogP contribution in [-0.2, 0) is 15.0 Å². The van der Waals surface area contributed by atoms with Crippen molar-refractivity contribution >= 4 is 54.9 Å². The van der Waals surface area contributed by atoms with Crippen LogP contribution in [0.5, 0.6) is 0 Å². The van der Waals surface area contributed by atoms with E-state index in [0.29, 0.717) is 38.7 Å². The van der Waals surface area contributed by atoms with E-state index in [-0.39, 0.29) is 34.9 Å². The molecule has 3 aliphatic rings. The summed E-state index contributed by atoms with van der Waals surface area (Å²) in [7, 11) is 0. The molecule has 1 unspecified atom stereocenters. The van der Waals surface area contributed by atoms with Gasteiger partial charge in [-0.3, -0.25) is 14.5 Å². The first-order valence-electron chi connectivity index (χ1n) is 9.84. The number of nitrogens with one attached hydrogen (secondary N) is 1. The van der Waals surface area contributed by atoms with Crippen molar-refractivity contribution in [2.75, 3.05) is 10.2 Å². The minimum atomic E-state index is -1.67. The molecule has 2 heterocycles. The molecule has 5 rings (SSSR count). The van der Waals surface area contributed by atoms with Crippen LogP contribution in [0.15, 0.2) is 68.0 Å². The molecule has 2 aromatic rings. The number of Topliss-reactive ketones (excluding diaryl/α,β-unsaturated/α-hetero) is 1. The average Bonchev–Trinajstić information content (AvgIpc) is 3.02. The lowest BCUT2D eigenvalue weighted by Crippen LogP contribution is -2.51. The minimum absolute atomic E-state index is 0.0647. The number of nitrogens with two attached hydrogens (primary N) is 1. The van der Waals surface area contributed by atoms with E-state index >= 15 is 4.39 Å². The first kappa shape index (κ1) is 20.9. The van der Waals surface area contributed by atoms with Gasteiger partial charge in [0.05, 0.1) is 11.3 Å². The highest BCUT2D eigenvalue weighted by Gasteiger charge is 2.60. The Morgan fingerprint density at radius 2 is 1.84 bits per heavy atom. The number of carbonyl (C=O) groups excluding carboxylic acids is 2. The van der Waals surface area contributed by atoms with Crippen LogP contribution in [0.3, 0.4) is 0 Å². The van der Waals surface area contributed by atoms with Crippen molar-refractivity contribution in [3.05, 3.63) is 79.4 Å². The zero-order valence-corrected chi connectivity index (χ0v) is 19.7. The van der Waals surface area contributed by atoms with Gasteiger partial charge >= 0.3 is 0 Å². The number of carbonyl (C=O) groups is 2. The summed E-state index contributed by atoms with van der Waals surface area (Å²) < 4.78 is 16.2. The Balaban J connectivity index is 1.90. The third kappa shape index (κ3) is 2.66. The van der Waals surface area contributed by atoms with Crippen LogP contribution < -0.4 is 16.0 Å². The maximum Gasteiger partial charge on any atom is 0.245 e. The van der Waals surface area contributed by atoms with E-state index < -0.39 is 17.1 Å². The smallest absolute Gasteiger partial charge is 0.245 e. The molecule has 0 aromatic heterocycles. The monoisotopic (exact) mass is 556 g/mol. The summed E-state index contributed by atoms with van der Waals surface area (Å²) in [4.78, 5) is 28.3. The van der Waals surface area contributed by atoms with Crippen molar-refractivity contribution in [3.63, 3.8) is 0 Å². The number of halogens is 3. The second-order valence-corrected chi connectivity index (χ2v) is 9.63. The molecule has 2 aliphatic heterocycles. The molecular weight excluding hydrogens is 543 g/mol. The number of benzene rings is 2. The molecule has 1 spiro atoms. The van der Waals surface area contributed by atoms with Crippen molar-refractivity contribution in [2.45, 2.75) is 24.7 Å². The number of fused-ring (bicyclic) bond motifs is 3. The molecule has 0 bridgehead atoms. The number of amides is 1. The van der Waals surface area contributed by atoms with E-state index in [1.54, 1.807) is 24.3 Å². The van der Waals surface area contributed by atoms with Crippen molar-refractivity contribution in [1.29, 1.82) is 5.26 Å². The van der Waals surface area contributed by atoms with Gasteiger partial charge in [-0.2, -0.15) is 5.26 Å². The Bertz CT molecular complexity index is 1340. The highest BCUT2D eigenvalue weighted by atomic mass is 79.9. The van der Waals surface area contributed by atoms with Crippen LogP contribution in [0.2, 0.25) is 0 Å². The lowest BCUT2D eigenvalue weighted by atomic mass is 9.64. The van der Waals surface area contributed by atoms with Crippen LogP contribution in [0.25, 0.3) is 0 Å². The Kier molecular flexibility index (Phi) is 4.76. The number of hydrogen-bond donors (Lipinski definition) is 2. The lowest BCUT2D eigenvalue weighted by molar-refractivity contribution is -0.122. The van der Waals surface area contributed by atoms with E-state index in [1.807, 2.05) is 0 Å². The number of nitriles is 1.